The third-order valence-electron chi connectivity index (χ3n) is 3.56. The Morgan fingerprint density at radius 3 is 2.00 bits per heavy atom. The first-order valence-corrected chi connectivity index (χ1v) is 6.51. The van der Waals surface area contributed by atoms with E-state index in [4.69, 9.17) is 0 Å². The molecule has 0 radical (unpaired) electrons. The molecule has 0 amide bonds. The maximum Gasteiger partial charge on any atom is 0.391 e. The van der Waals surface area contributed by atoms with Crippen molar-refractivity contribution in [2.45, 2.75) is 63.8 Å². The van der Waals surface area contributed by atoms with Crippen molar-refractivity contribution in [3.8, 4) is 0 Å². The predicted molar refractivity (Wildman–Crippen MR) is 67.5 cm³/mol. The Labute approximate surface area is 108 Å². The van der Waals surface area contributed by atoms with E-state index in [0.717, 1.165) is 0 Å². The van der Waals surface area contributed by atoms with Gasteiger partial charge in [0.25, 0.3) is 0 Å². The van der Waals surface area contributed by atoms with Gasteiger partial charge in [-0.3, -0.25) is 0 Å². The maximum absolute atomic E-state index is 12.8. The Bertz CT molecular complexity index is 268. The molecule has 0 bridgehead atoms. The van der Waals surface area contributed by atoms with Crippen LogP contribution in [0.15, 0.2) is 0 Å². The average molecular weight is 266 g/mol. The Kier molecular flexibility index (Phi) is 4.70. The third kappa shape index (κ3) is 4.43. The molecule has 1 fully saturated rings. The zero-order chi connectivity index (χ0) is 14.1. The van der Waals surface area contributed by atoms with Crippen molar-refractivity contribution >= 4 is 0 Å². The molecule has 1 aliphatic rings. The standard InChI is InChI=1S/C13H25F3N2/c1-12(2,3)17-10-7-6-9(13(14,15)16)8-11(10)18(4)5/h9-11,17H,6-8H2,1-5H3/t9-,10+,11+/m1/s1. The highest BCUT2D eigenvalue weighted by atomic mass is 19.4. The molecule has 0 aromatic carbocycles. The zero-order valence-electron chi connectivity index (χ0n) is 11.9. The monoisotopic (exact) mass is 266 g/mol. The van der Waals surface area contributed by atoms with E-state index in [9.17, 15) is 13.2 Å². The van der Waals surface area contributed by atoms with Gasteiger partial charge >= 0.3 is 6.18 Å². The van der Waals surface area contributed by atoms with Gasteiger partial charge in [-0.1, -0.05) is 0 Å². The maximum atomic E-state index is 12.8. The van der Waals surface area contributed by atoms with E-state index >= 15 is 0 Å². The summed E-state index contributed by atoms with van der Waals surface area (Å²) in [5.41, 5.74) is -0.0655. The summed E-state index contributed by atoms with van der Waals surface area (Å²) in [6.45, 7) is 6.15. The van der Waals surface area contributed by atoms with Gasteiger partial charge < -0.3 is 10.2 Å². The van der Waals surface area contributed by atoms with Gasteiger partial charge in [0.05, 0.1) is 5.92 Å². The lowest BCUT2D eigenvalue weighted by atomic mass is 9.80. The van der Waals surface area contributed by atoms with Crippen LogP contribution in [0.3, 0.4) is 0 Å². The molecule has 0 spiro atoms. The fourth-order valence-corrected chi connectivity index (χ4v) is 2.74. The van der Waals surface area contributed by atoms with Gasteiger partial charge in [0.1, 0.15) is 0 Å². The highest BCUT2D eigenvalue weighted by Crippen LogP contribution is 2.39. The van der Waals surface area contributed by atoms with Crippen molar-refractivity contribution in [2.75, 3.05) is 14.1 Å². The molecule has 5 heteroatoms. The lowest BCUT2D eigenvalue weighted by molar-refractivity contribution is -0.187. The number of rotatable bonds is 2. The molecule has 18 heavy (non-hydrogen) atoms. The van der Waals surface area contributed by atoms with Crippen molar-refractivity contribution in [3.63, 3.8) is 0 Å². The van der Waals surface area contributed by atoms with Gasteiger partial charge in [-0.2, -0.15) is 13.2 Å². The van der Waals surface area contributed by atoms with Crippen LogP contribution in [0, 0.1) is 5.92 Å². The topological polar surface area (TPSA) is 15.3 Å². The number of nitrogens with one attached hydrogen (secondary N) is 1. The minimum atomic E-state index is -4.05. The number of hydrogen-bond acceptors (Lipinski definition) is 2. The van der Waals surface area contributed by atoms with Crippen molar-refractivity contribution < 1.29 is 13.2 Å². The van der Waals surface area contributed by atoms with Crippen LogP contribution in [-0.4, -0.2) is 42.8 Å². The van der Waals surface area contributed by atoms with Gasteiger partial charge in [-0.25, -0.2) is 0 Å². The van der Waals surface area contributed by atoms with E-state index in [1.807, 2.05) is 19.0 Å². The van der Waals surface area contributed by atoms with Gasteiger partial charge in [-0.05, 0) is 54.1 Å². The quantitative estimate of drug-likeness (QED) is 0.826. The normalized spacial score (nSPS) is 30.8. The number of hydrogen-bond donors (Lipinski definition) is 1. The zero-order valence-corrected chi connectivity index (χ0v) is 11.9. The van der Waals surface area contributed by atoms with Crippen LogP contribution in [0.4, 0.5) is 13.2 Å². The minimum absolute atomic E-state index is 0.0513. The first-order chi connectivity index (χ1) is 8.00. The molecule has 0 unspecified atom stereocenters. The van der Waals surface area contributed by atoms with Crippen molar-refractivity contribution in [2.24, 2.45) is 5.92 Å². The molecule has 0 saturated heterocycles. The molecule has 1 saturated carbocycles. The van der Waals surface area contributed by atoms with E-state index in [1.165, 1.54) is 0 Å². The van der Waals surface area contributed by atoms with Crippen LogP contribution in [0.25, 0.3) is 0 Å². The second-order valence-electron chi connectivity index (χ2n) is 6.58. The lowest BCUT2D eigenvalue weighted by Gasteiger charge is -2.43. The van der Waals surface area contributed by atoms with Gasteiger partial charge in [-0.15, -0.1) is 0 Å². The van der Waals surface area contributed by atoms with Crippen LogP contribution >= 0.6 is 0 Å². The predicted octanol–water partition coefficient (Wildman–Crippen LogP) is 3.04. The summed E-state index contributed by atoms with van der Waals surface area (Å²) in [4.78, 5) is 1.92. The molecule has 0 aromatic rings. The first kappa shape index (κ1) is 15.8. The Balaban J connectivity index is 2.73. The van der Waals surface area contributed by atoms with Gasteiger partial charge in [0, 0.05) is 17.6 Å². The first-order valence-electron chi connectivity index (χ1n) is 6.51. The smallest absolute Gasteiger partial charge is 0.308 e. The molecule has 1 N–H and O–H groups in total. The van der Waals surface area contributed by atoms with E-state index < -0.39 is 12.1 Å². The Morgan fingerprint density at radius 1 is 1.06 bits per heavy atom. The SMILES string of the molecule is CN(C)[C@H]1C[C@H](C(F)(F)F)CC[C@@H]1NC(C)(C)C. The molecule has 2 nitrogen and oxygen atoms in total. The van der Waals surface area contributed by atoms with Gasteiger partial charge in [0.2, 0.25) is 0 Å². The van der Waals surface area contributed by atoms with E-state index in [0.29, 0.717) is 6.42 Å². The van der Waals surface area contributed by atoms with Crippen LogP contribution in [-0.2, 0) is 0 Å². The number of likely N-dealkylation sites (N-methyl/N-ethyl adjacent to an activating group) is 1. The largest absolute Gasteiger partial charge is 0.391 e. The van der Waals surface area contributed by atoms with Crippen LogP contribution in [0.1, 0.15) is 40.0 Å². The molecule has 0 aliphatic heterocycles. The summed E-state index contributed by atoms with van der Waals surface area (Å²) in [6.07, 6.45) is -3.03. The second-order valence-corrected chi connectivity index (χ2v) is 6.58. The summed E-state index contributed by atoms with van der Waals surface area (Å²) < 4.78 is 38.4. The number of alkyl halides is 3. The molecular formula is C13H25F3N2. The summed E-state index contributed by atoms with van der Waals surface area (Å²) in [7, 11) is 3.72. The highest BCUT2D eigenvalue weighted by Gasteiger charge is 2.45. The van der Waals surface area contributed by atoms with Crippen LogP contribution < -0.4 is 5.32 Å². The fraction of sp³-hybridized carbons (Fsp3) is 1.00. The van der Waals surface area contributed by atoms with E-state index in [-0.39, 0.29) is 30.5 Å². The summed E-state index contributed by atoms with van der Waals surface area (Å²) >= 11 is 0. The summed E-state index contributed by atoms with van der Waals surface area (Å²) in [5.74, 6) is -1.15. The molecule has 3 atom stereocenters. The molecule has 1 aliphatic carbocycles. The molecule has 1 rings (SSSR count). The van der Waals surface area contributed by atoms with Crippen molar-refractivity contribution in [3.05, 3.63) is 0 Å². The average Bonchev–Trinajstić information content (AvgIpc) is 2.13. The fourth-order valence-electron chi connectivity index (χ4n) is 2.74. The number of nitrogens with zero attached hydrogens (tertiary/aromatic N) is 1. The molecule has 0 aromatic heterocycles. The van der Waals surface area contributed by atoms with Gasteiger partial charge in [0.15, 0.2) is 0 Å². The Morgan fingerprint density at radius 2 is 1.61 bits per heavy atom. The number of halogens is 3. The molecule has 108 valence electrons. The van der Waals surface area contributed by atoms with Crippen molar-refractivity contribution in [1.29, 1.82) is 0 Å². The summed E-state index contributed by atoms with van der Waals surface area (Å²) in [6, 6.07) is 0.0863. The lowest BCUT2D eigenvalue weighted by Crippen LogP contribution is -2.57. The molecule has 0 heterocycles. The third-order valence-corrected chi connectivity index (χ3v) is 3.56. The van der Waals surface area contributed by atoms with Crippen molar-refractivity contribution in [1.82, 2.24) is 10.2 Å². The van der Waals surface area contributed by atoms with E-state index in [2.05, 4.69) is 26.1 Å². The minimum Gasteiger partial charge on any atom is -0.308 e. The Hall–Kier alpha value is -0.290. The van der Waals surface area contributed by atoms with Crippen LogP contribution in [0.2, 0.25) is 0 Å². The van der Waals surface area contributed by atoms with Crippen LogP contribution in [0.5, 0.6) is 0 Å². The summed E-state index contributed by atoms with van der Waals surface area (Å²) in [5, 5.41) is 3.45. The second kappa shape index (κ2) is 5.37. The van der Waals surface area contributed by atoms with E-state index in [1.54, 1.807) is 0 Å². The highest BCUT2D eigenvalue weighted by molar-refractivity contribution is 4.94. The molecular weight excluding hydrogens is 241 g/mol.